The molecular weight excluding hydrogens is 330 g/mol. The lowest BCUT2D eigenvalue weighted by atomic mass is 10.0. The van der Waals surface area contributed by atoms with Crippen LogP contribution in [0.4, 0.5) is 0 Å². The van der Waals surface area contributed by atoms with Gasteiger partial charge in [0.2, 0.25) is 10.0 Å². The van der Waals surface area contributed by atoms with Crippen molar-refractivity contribution in [1.29, 1.82) is 0 Å². The van der Waals surface area contributed by atoms with E-state index in [9.17, 15) is 13.2 Å². The second kappa shape index (κ2) is 7.96. The fraction of sp³-hybridized carbons (Fsp3) is 0.562. The summed E-state index contributed by atoms with van der Waals surface area (Å²) in [6.45, 7) is 6.64. The maximum atomic E-state index is 12.6. The van der Waals surface area contributed by atoms with Crippen molar-refractivity contribution >= 4 is 15.9 Å². The van der Waals surface area contributed by atoms with Crippen molar-refractivity contribution in [3.05, 3.63) is 23.8 Å². The van der Waals surface area contributed by atoms with Crippen molar-refractivity contribution in [3.63, 3.8) is 0 Å². The van der Waals surface area contributed by atoms with E-state index >= 15 is 0 Å². The van der Waals surface area contributed by atoms with Gasteiger partial charge >= 0.3 is 0 Å². The Kier molecular flexibility index (Phi) is 6.20. The number of carbonyl (C=O) groups is 1. The molecule has 1 heterocycles. The van der Waals surface area contributed by atoms with Crippen LogP contribution in [-0.2, 0) is 10.0 Å². The van der Waals surface area contributed by atoms with Crippen molar-refractivity contribution < 1.29 is 17.9 Å². The lowest BCUT2D eigenvalue weighted by Gasteiger charge is -2.27. The van der Waals surface area contributed by atoms with Gasteiger partial charge < -0.3 is 15.4 Å². The standard InChI is InChI=1S/C16H25N3O4S/c1-4-19(5-2)24(21,22)13-6-7-15(23-3)14(8-13)16(20)18-11-12-9-17-10-12/h6-8,12,17H,4-5,9-11H2,1-3H3,(H,18,20). The van der Waals surface area contributed by atoms with E-state index in [-0.39, 0.29) is 16.4 Å². The molecule has 2 N–H and O–H groups in total. The number of amides is 1. The molecule has 1 aromatic rings. The molecule has 1 aliphatic rings. The highest BCUT2D eigenvalue weighted by Gasteiger charge is 2.25. The number of ether oxygens (including phenoxy) is 1. The van der Waals surface area contributed by atoms with Crippen LogP contribution in [0.2, 0.25) is 0 Å². The fourth-order valence-electron chi connectivity index (χ4n) is 2.56. The van der Waals surface area contributed by atoms with Crippen molar-refractivity contribution in [2.75, 3.05) is 39.8 Å². The van der Waals surface area contributed by atoms with Crippen molar-refractivity contribution in [3.8, 4) is 5.75 Å². The molecule has 1 amide bonds. The lowest BCUT2D eigenvalue weighted by Crippen LogP contribution is -2.48. The van der Waals surface area contributed by atoms with Gasteiger partial charge in [-0.15, -0.1) is 0 Å². The quantitative estimate of drug-likeness (QED) is 0.716. The van der Waals surface area contributed by atoms with Crippen LogP contribution in [0.5, 0.6) is 5.75 Å². The molecule has 1 saturated heterocycles. The van der Waals surface area contributed by atoms with Crippen LogP contribution in [-0.4, -0.2) is 58.5 Å². The lowest BCUT2D eigenvalue weighted by molar-refractivity contribution is 0.0939. The SMILES string of the molecule is CCN(CC)S(=O)(=O)c1ccc(OC)c(C(=O)NCC2CNC2)c1. The zero-order valence-electron chi connectivity index (χ0n) is 14.3. The number of hydrogen-bond donors (Lipinski definition) is 2. The van der Waals surface area contributed by atoms with E-state index in [0.717, 1.165) is 13.1 Å². The number of sulfonamides is 1. The molecule has 2 rings (SSSR count). The van der Waals surface area contributed by atoms with Gasteiger partial charge in [-0.1, -0.05) is 13.8 Å². The summed E-state index contributed by atoms with van der Waals surface area (Å²) in [7, 11) is -2.16. The Morgan fingerprint density at radius 2 is 2.00 bits per heavy atom. The first kappa shape index (κ1) is 18.7. The Labute approximate surface area is 143 Å². The number of rotatable bonds is 8. The van der Waals surface area contributed by atoms with Crippen LogP contribution < -0.4 is 15.4 Å². The molecule has 0 saturated carbocycles. The predicted molar refractivity (Wildman–Crippen MR) is 91.8 cm³/mol. The number of benzene rings is 1. The van der Waals surface area contributed by atoms with Crippen LogP contribution in [0, 0.1) is 5.92 Å². The van der Waals surface area contributed by atoms with E-state index in [0.29, 0.717) is 31.3 Å². The van der Waals surface area contributed by atoms with Gasteiger partial charge in [0.05, 0.1) is 17.6 Å². The van der Waals surface area contributed by atoms with Crippen LogP contribution in [0.15, 0.2) is 23.1 Å². The Morgan fingerprint density at radius 3 is 2.50 bits per heavy atom. The van der Waals surface area contributed by atoms with E-state index in [4.69, 9.17) is 4.74 Å². The van der Waals surface area contributed by atoms with E-state index in [2.05, 4.69) is 10.6 Å². The maximum Gasteiger partial charge on any atom is 0.255 e. The largest absolute Gasteiger partial charge is 0.496 e. The van der Waals surface area contributed by atoms with Gasteiger partial charge in [0, 0.05) is 38.6 Å². The zero-order valence-corrected chi connectivity index (χ0v) is 15.1. The summed E-state index contributed by atoms with van der Waals surface area (Å²) in [5.74, 6) is 0.454. The number of nitrogens with zero attached hydrogens (tertiary/aromatic N) is 1. The van der Waals surface area contributed by atoms with Gasteiger partial charge in [-0.05, 0) is 18.2 Å². The highest BCUT2D eigenvalue weighted by molar-refractivity contribution is 7.89. The monoisotopic (exact) mass is 355 g/mol. The van der Waals surface area contributed by atoms with E-state index in [1.807, 2.05) is 0 Å². The van der Waals surface area contributed by atoms with Crippen molar-refractivity contribution in [2.24, 2.45) is 5.92 Å². The van der Waals surface area contributed by atoms with Crippen molar-refractivity contribution in [1.82, 2.24) is 14.9 Å². The van der Waals surface area contributed by atoms with Gasteiger partial charge in [0.1, 0.15) is 5.75 Å². The molecule has 0 unspecified atom stereocenters. The molecule has 1 aromatic carbocycles. The molecule has 0 aromatic heterocycles. The molecule has 8 heteroatoms. The average molecular weight is 355 g/mol. The molecule has 0 atom stereocenters. The van der Waals surface area contributed by atoms with E-state index < -0.39 is 10.0 Å². The number of hydrogen-bond acceptors (Lipinski definition) is 5. The van der Waals surface area contributed by atoms with Gasteiger partial charge in [-0.25, -0.2) is 8.42 Å². The summed E-state index contributed by atoms with van der Waals surface area (Å²) in [4.78, 5) is 12.5. The summed E-state index contributed by atoms with van der Waals surface area (Å²) in [6, 6.07) is 4.39. The second-order valence-corrected chi connectivity index (χ2v) is 7.62. The first-order valence-electron chi connectivity index (χ1n) is 8.11. The highest BCUT2D eigenvalue weighted by atomic mass is 32.2. The smallest absolute Gasteiger partial charge is 0.255 e. The summed E-state index contributed by atoms with van der Waals surface area (Å²) in [5.41, 5.74) is 0.234. The first-order valence-corrected chi connectivity index (χ1v) is 9.55. The summed E-state index contributed by atoms with van der Waals surface area (Å²) < 4.78 is 31.8. The van der Waals surface area contributed by atoms with Crippen LogP contribution in [0.1, 0.15) is 24.2 Å². The van der Waals surface area contributed by atoms with Crippen LogP contribution in [0.3, 0.4) is 0 Å². The Bertz CT molecular complexity index is 683. The third-order valence-corrected chi connectivity index (χ3v) is 6.22. The molecule has 1 fully saturated rings. The minimum atomic E-state index is -3.62. The first-order chi connectivity index (χ1) is 11.4. The van der Waals surface area contributed by atoms with E-state index in [1.165, 1.54) is 29.6 Å². The predicted octanol–water partition coefficient (Wildman–Crippen LogP) is 0.675. The molecule has 0 radical (unpaired) electrons. The molecule has 0 bridgehead atoms. The summed E-state index contributed by atoms with van der Waals surface area (Å²) in [5, 5.41) is 5.98. The molecule has 0 spiro atoms. The molecule has 1 aliphatic heterocycles. The zero-order chi connectivity index (χ0) is 17.7. The molecule has 0 aliphatic carbocycles. The van der Waals surface area contributed by atoms with Crippen molar-refractivity contribution in [2.45, 2.75) is 18.7 Å². The Balaban J connectivity index is 2.27. The van der Waals surface area contributed by atoms with Gasteiger partial charge in [-0.3, -0.25) is 4.79 Å². The third kappa shape index (κ3) is 3.88. The highest BCUT2D eigenvalue weighted by Crippen LogP contribution is 2.24. The topological polar surface area (TPSA) is 87.7 Å². The molecule has 24 heavy (non-hydrogen) atoms. The number of nitrogens with one attached hydrogen (secondary N) is 2. The van der Waals surface area contributed by atoms with Crippen LogP contribution in [0.25, 0.3) is 0 Å². The molecule has 7 nitrogen and oxygen atoms in total. The molecular formula is C16H25N3O4S. The van der Waals surface area contributed by atoms with Gasteiger partial charge in [0.25, 0.3) is 5.91 Å². The Morgan fingerprint density at radius 1 is 1.33 bits per heavy atom. The molecule has 134 valence electrons. The number of methoxy groups -OCH3 is 1. The second-order valence-electron chi connectivity index (χ2n) is 5.69. The Hall–Kier alpha value is -1.64. The average Bonchev–Trinajstić information content (AvgIpc) is 2.53. The van der Waals surface area contributed by atoms with Crippen LogP contribution >= 0.6 is 0 Å². The summed E-state index contributed by atoms with van der Waals surface area (Å²) >= 11 is 0. The normalized spacial score (nSPS) is 15.2. The summed E-state index contributed by atoms with van der Waals surface area (Å²) in [6.07, 6.45) is 0. The van der Waals surface area contributed by atoms with E-state index in [1.54, 1.807) is 13.8 Å². The fourth-order valence-corrected chi connectivity index (χ4v) is 4.05. The number of carbonyl (C=O) groups excluding carboxylic acids is 1. The minimum absolute atomic E-state index is 0.0995. The van der Waals surface area contributed by atoms with Gasteiger partial charge in [0.15, 0.2) is 0 Å². The maximum absolute atomic E-state index is 12.6. The third-order valence-electron chi connectivity index (χ3n) is 4.18. The minimum Gasteiger partial charge on any atom is -0.496 e. The van der Waals surface area contributed by atoms with Gasteiger partial charge in [-0.2, -0.15) is 4.31 Å².